The van der Waals surface area contributed by atoms with Crippen molar-refractivity contribution < 1.29 is 9.50 Å². The molecule has 0 radical (unpaired) electrons. The number of aryl methyl sites for hydroxylation is 1. The van der Waals surface area contributed by atoms with Gasteiger partial charge < -0.3 is 5.11 Å². The van der Waals surface area contributed by atoms with E-state index in [4.69, 9.17) is 0 Å². The molecule has 1 N–H and O–H groups in total. The minimum Gasteiger partial charge on any atom is -0.385 e. The molecule has 0 saturated heterocycles. The number of halogens is 1. The summed E-state index contributed by atoms with van der Waals surface area (Å²) >= 11 is 0. The molecule has 1 spiro atoms. The molecule has 2 fully saturated rings. The van der Waals surface area contributed by atoms with Gasteiger partial charge >= 0.3 is 0 Å². The third kappa shape index (κ3) is 2.31. The molecule has 0 unspecified atom stereocenters. The van der Waals surface area contributed by atoms with E-state index in [-0.39, 0.29) is 5.82 Å². The second kappa shape index (κ2) is 4.59. The standard InChI is InChI=1S/C17H23FO/c1-13-4-5-15(18)14(12-13)17(19)10-8-16(9-11-17)6-2-3-7-16/h4-5,12,19H,2-3,6-11H2,1H3. The maximum absolute atomic E-state index is 14.0. The fourth-order valence-electron chi connectivity index (χ4n) is 4.08. The maximum atomic E-state index is 14.0. The van der Waals surface area contributed by atoms with Crippen molar-refractivity contribution in [3.8, 4) is 0 Å². The summed E-state index contributed by atoms with van der Waals surface area (Å²) in [5, 5.41) is 10.9. The van der Waals surface area contributed by atoms with Gasteiger partial charge in [-0.15, -0.1) is 0 Å². The van der Waals surface area contributed by atoms with Gasteiger partial charge in [-0.3, -0.25) is 0 Å². The highest BCUT2D eigenvalue weighted by Crippen LogP contribution is 2.53. The Morgan fingerprint density at radius 2 is 1.63 bits per heavy atom. The van der Waals surface area contributed by atoms with Gasteiger partial charge in [-0.2, -0.15) is 0 Å². The van der Waals surface area contributed by atoms with E-state index in [0.29, 0.717) is 23.8 Å². The summed E-state index contributed by atoms with van der Waals surface area (Å²) in [4.78, 5) is 0. The molecular formula is C17H23FO. The summed E-state index contributed by atoms with van der Waals surface area (Å²) in [5.41, 5.74) is 1.06. The molecule has 3 rings (SSSR count). The van der Waals surface area contributed by atoms with Crippen LogP contribution < -0.4 is 0 Å². The van der Waals surface area contributed by atoms with Crippen molar-refractivity contribution in [3.63, 3.8) is 0 Å². The van der Waals surface area contributed by atoms with Crippen molar-refractivity contribution in [2.45, 2.75) is 63.9 Å². The zero-order valence-electron chi connectivity index (χ0n) is 11.7. The van der Waals surface area contributed by atoms with Gasteiger partial charge in [0, 0.05) is 5.56 Å². The molecule has 19 heavy (non-hydrogen) atoms. The Morgan fingerprint density at radius 3 is 2.26 bits per heavy atom. The molecule has 2 saturated carbocycles. The lowest BCUT2D eigenvalue weighted by Crippen LogP contribution is -2.36. The lowest BCUT2D eigenvalue weighted by Gasteiger charge is -2.42. The summed E-state index contributed by atoms with van der Waals surface area (Å²) in [6.07, 6.45) is 8.81. The summed E-state index contributed by atoms with van der Waals surface area (Å²) in [6.45, 7) is 1.95. The van der Waals surface area contributed by atoms with Crippen LogP contribution >= 0.6 is 0 Å². The molecule has 1 aromatic carbocycles. The van der Waals surface area contributed by atoms with Crippen LogP contribution in [0.2, 0.25) is 0 Å². The highest BCUT2D eigenvalue weighted by Gasteiger charge is 2.44. The average molecular weight is 262 g/mol. The van der Waals surface area contributed by atoms with Crippen LogP contribution in [0.15, 0.2) is 18.2 Å². The smallest absolute Gasteiger partial charge is 0.129 e. The second-order valence-electron chi connectivity index (χ2n) is 6.72. The van der Waals surface area contributed by atoms with E-state index in [1.807, 2.05) is 13.0 Å². The summed E-state index contributed by atoms with van der Waals surface area (Å²) in [6, 6.07) is 5.08. The van der Waals surface area contributed by atoms with E-state index in [1.165, 1.54) is 31.7 Å². The summed E-state index contributed by atoms with van der Waals surface area (Å²) < 4.78 is 14.0. The molecule has 2 aliphatic rings. The Bertz CT molecular complexity index is 464. The lowest BCUT2D eigenvalue weighted by atomic mass is 9.66. The molecule has 0 atom stereocenters. The van der Waals surface area contributed by atoms with Gasteiger partial charge in [-0.25, -0.2) is 4.39 Å². The zero-order chi connectivity index (χ0) is 13.5. The molecule has 0 amide bonds. The first kappa shape index (κ1) is 13.1. The van der Waals surface area contributed by atoms with E-state index in [1.54, 1.807) is 6.07 Å². The monoisotopic (exact) mass is 262 g/mol. The summed E-state index contributed by atoms with van der Waals surface area (Å²) in [7, 11) is 0. The number of benzene rings is 1. The molecule has 2 aliphatic carbocycles. The van der Waals surface area contributed by atoms with Gasteiger partial charge in [-0.1, -0.05) is 30.5 Å². The van der Waals surface area contributed by atoms with E-state index in [0.717, 1.165) is 18.4 Å². The third-order valence-corrected chi connectivity index (χ3v) is 5.43. The quantitative estimate of drug-likeness (QED) is 0.792. The van der Waals surface area contributed by atoms with Crippen LogP contribution in [0, 0.1) is 18.2 Å². The Hall–Kier alpha value is -0.890. The number of hydrogen-bond acceptors (Lipinski definition) is 1. The normalized spacial score (nSPS) is 24.8. The third-order valence-electron chi connectivity index (χ3n) is 5.43. The SMILES string of the molecule is Cc1ccc(F)c(C2(O)CCC3(CCCC3)CC2)c1. The molecule has 0 aliphatic heterocycles. The fraction of sp³-hybridized carbons (Fsp3) is 0.647. The molecule has 2 heteroatoms. The van der Waals surface area contributed by atoms with Gasteiger partial charge in [0.1, 0.15) is 5.82 Å². The van der Waals surface area contributed by atoms with Crippen LogP contribution in [0.1, 0.15) is 62.5 Å². The number of hydrogen-bond donors (Lipinski definition) is 1. The highest BCUT2D eigenvalue weighted by molar-refractivity contribution is 5.30. The van der Waals surface area contributed by atoms with Crippen LogP contribution in [-0.2, 0) is 5.60 Å². The lowest BCUT2D eigenvalue weighted by molar-refractivity contribution is -0.0400. The predicted octanol–water partition coefficient (Wildman–Crippen LogP) is 4.46. The molecule has 0 heterocycles. The van der Waals surface area contributed by atoms with E-state index in [2.05, 4.69) is 0 Å². The zero-order valence-corrected chi connectivity index (χ0v) is 11.7. The minimum absolute atomic E-state index is 0.254. The van der Waals surface area contributed by atoms with Gasteiger partial charge in [0.05, 0.1) is 5.60 Å². The van der Waals surface area contributed by atoms with Crippen molar-refractivity contribution in [1.82, 2.24) is 0 Å². The van der Waals surface area contributed by atoms with E-state index < -0.39 is 5.60 Å². The molecule has 1 aromatic rings. The highest BCUT2D eigenvalue weighted by atomic mass is 19.1. The largest absolute Gasteiger partial charge is 0.385 e. The molecule has 0 aromatic heterocycles. The minimum atomic E-state index is -0.941. The first-order valence-electron chi connectivity index (χ1n) is 7.52. The Balaban J connectivity index is 1.83. The predicted molar refractivity (Wildman–Crippen MR) is 74.4 cm³/mol. The van der Waals surface area contributed by atoms with Crippen molar-refractivity contribution in [2.75, 3.05) is 0 Å². The van der Waals surface area contributed by atoms with Crippen LogP contribution in [0.4, 0.5) is 4.39 Å². The van der Waals surface area contributed by atoms with Gasteiger partial charge in [0.15, 0.2) is 0 Å². The van der Waals surface area contributed by atoms with Gasteiger partial charge in [0.25, 0.3) is 0 Å². The molecular weight excluding hydrogens is 239 g/mol. The van der Waals surface area contributed by atoms with Crippen LogP contribution in [0.25, 0.3) is 0 Å². The van der Waals surface area contributed by atoms with Gasteiger partial charge in [0.2, 0.25) is 0 Å². The van der Waals surface area contributed by atoms with Crippen LogP contribution in [0.3, 0.4) is 0 Å². The Kier molecular flexibility index (Phi) is 3.17. The van der Waals surface area contributed by atoms with Crippen molar-refractivity contribution >= 4 is 0 Å². The second-order valence-corrected chi connectivity index (χ2v) is 6.72. The van der Waals surface area contributed by atoms with Crippen molar-refractivity contribution in [1.29, 1.82) is 0 Å². The Labute approximate surface area is 114 Å². The van der Waals surface area contributed by atoms with Crippen LogP contribution in [-0.4, -0.2) is 5.11 Å². The van der Waals surface area contributed by atoms with E-state index in [9.17, 15) is 9.50 Å². The number of aliphatic hydroxyl groups is 1. The average Bonchev–Trinajstić information content (AvgIpc) is 2.85. The first-order chi connectivity index (χ1) is 9.03. The first-order valence-corrected chi connectivity index (χ1v) is 7.52. The fourth-order valence-corrected chi connectivity index (χ4v) is 4.08. The van der Waals surface area contributed by atoms with Crippen molar-refractivity contribution in [3.05, 3.63) is 35.1 Å². The maximum Gasteiger partial charge on any atom is 0.129 e. The van der Waals surface area contributed by atoms with E-state index >= 15 is 0 Å². The molecule has 0 bridgehead atoms. The number of rotatable bonds is 1. The van der Waals surface area contributed by atoms with Crippen LogP contribution in [0.5, 0.6) is 0 Å². The van der Waals surface area contributed by atoms with Gasteiger partial charge in [-0.05, 0) is 56.9 Å². The van der Waals surface area contributed by atoms with Crippen molar-refractivity contribution in [2.24, 2.45) is 5.41 Å². The topological polar surface area (TPSA) is 20.2 Å². The Morgan fingerprint density at radius 1 is 1.00 bits per heavy atom. The summed E-state index contributed by atoms with van der Waals surface area (Å²) in [5.74, 6) is -0.254. The molecule has 1 nitrogen and oxygen atoms in total. The molecule has 104 valence electrons.